The van der Waals surface area contributed by atoms with Gasteiger partial charge in [0.1, 0.15) is 5.82 Å². The van der Waals surface area contributed by atoms with E-state index in [-0.39, 0.29) is 6.10 Å². The van der Waals surface area contributed by atoms with Crippen LogP contribution in [0.2, 0.25) is 0 Å². The molecule has 0 fully saturated rings. The molecule has 0 spiro atoms. The lowest BCUT2D eigenvalue weighted by Gasteiger charge is -2.09. The molecular weight excluding hydrogens is 214 g/mol. The number of hydrogen-bond acceptors (Lipinski definition) is 4. The van der Waals surface area contributed by atoms with Crippen LogP contribution in [0, 0.1) is 0 Å². The summed E-state index contributed by atoms with van der Waals surface area (Å²) < 4.78 is 0. The Labute approximate surface area is 101 Å². The molecule has 17 heavy (non-hydrogen) atoms. The fourth-order valence-electron chi connectivity index (χ4n) is 1.61. The fraction of sp³-hybridized carbons (Fsp3) is 0.385. The van der Waals surface area contributed by atoms with E-state index in [0.29, 0.717) is 6.54 Å². The SMILES string of the molecule is CCC(O)CCNc1cnc2ccccc2n1. The Balaban J connectivity index is 1.99. The van der Waals surface area contributed by atoms with E-state index >= 15 is 0 Å². The van der Waals surface area contributed by atoms with Gasteiger partial charge in [0.05, 0.1) is 23.3 Å². The Morgan fingerprint density at radius 1 is 1.29 bits per heavy atom. The summed E-state index contributed by atoms with van der Waals surface area (Å²) in [7, 11) is 0. The van der Waals surface area contributed by atoms with E-state index in [9.17, 15) is 5.11 Å². The number of aliphatic hydroxyl groups is 1. The summed E-state index contributed by atoms with van der Waals surface area (Å²) in [5.74, 6) is 0.756. The lowest BCUT2D eigenvalue weighted by molar-refractivity contribution is 0.164. The monoisotopic (exact) mass is 231 g/mol. The summed E-state index contributed by atoms with van der Waals surface area (Å²) in [6.45, 7) is 2.68. The number of fused-ring (bicyclic) bond motifs is 1. The summed E-state index contributed by atoms with van der Waals surface area (Å²) in [6.07, 6.45) is 2.99. The maximum absolute atomic E-state index is 9.43. The molecule has 0 aliphatic heterocycles. The second-order valence-corrected chi connectivity index (χ2v) is 4.02. The van der Waals surface area contributed by atoms with Crippen molar-refractivity contribution in [3.05, 3.63) is 30.5 Å². The summed E-state index contributed by atoms with van der Waals surface area (Å²) in [4.78, 5) is 8.75. The fourth-order valence-corrected chi connectivity index (χ4v) is 1.61. The van der Waals surface area contributed by atoms with Crippen molar-refractivity contribution in [2.24, 2.45) is 0 Å². The molecule has 0 saturated heterocycles. The minimum absolute atomic E-state index is 0.240. The number of anilines is 1. The molecule has 0 amide bonds. The second-order valence-electron chi connectivity index (χ2n) is 4.02. The van der Waals surface area contributed by atoms with Crippen LogP contribution in [0.15, 0.2) is 30.5 Å². The first-order chi connectivity index (χ1) is 8.29. The van der Waals surface area contributed by atoms with Crippen LogP contribution in [0.3, 0.4) is 0 Å². The van der Waals surface area contributed by atoms with Crippen LogP contribution < -0.4 is 5.32 Å². The van der Waals surface area contributed by atoms with Crippen molar-refractivity contribution >= 4 is 16.9 Å². The van der Waals surface area contributed by atoms with Crippen LogP contribution in [0.1, 0.15) is 19.8 Å². The van der Waals surface area contributed by atoms with Gasteiger partial charge in [-0.25, -0.2) is 4.98 Å². The number of aromatic nitrogens is 2. The van der Waals surface area contributed by atoms with Crippen molar-refractivity contribution in [2.45, 2.75) is 25.9 Å². The molecule has 1 atom stereocenters. The van der Waals surface area contributed by atoms with Gasteiger partial charge in [-0.3, -0.25) is 4.98 Å². The Kier molecular flexibility index (Phi) is 3.88. The minimum atomic E-state index is -0.240. The molecule has 1 heterocycles. The van der Waals surface area contributed by atoms with E-state index in [0.717, 1.165) is 29.7 Å². The molecular formula is C13H17N3O. The zero-order chi connectivity index (χ0) is 12.1. The third-order valence-corrected chi connectivity index (χ3v) is 2.70. The van der Waals surface area contributed by atoms with Crippen molar-refractivity contribution in [3.63, 3.8) is 0 Å². The molecule has 1 aromatic heterocycles. The van der Waals surface area contributed by atoms with Crippen LogP contribution >= 0.6 is 0 Å². The Bertz CT molecular complexity index is 487. The smallest absolute Gasteiger partial charge is 0.145 e. The molecule has 2 rings (SSSR count). The second kappa shape index (κ2) is 5.59. The standard InChI is InChI=1S/C13H17N3O/c1-2-10(17)7-8-14-13-9-15-11-5-3-4-6-12(11)16-13/h3-6,9-10,17H,2,7-8H2,1H3,(H,14,16). The molecule has 90 valence electrons. The van der Waals surface area contributed by atoms with E-state index in [1.807, 2.05) is 31.2 Å². The van der Waals surface area contributed by atoms with E-state index < -0.39 is 0 Å². The zero-order valence-electron chi connectivity index (χ0n) is 9.93. The van der Waals surface area contributed by atoms with Crippen LogP contribution in [0.4, 0.5) is 5.82 Å². The van der Waals surface area contributed by atoms with E-state index in [2.05, 4.69) is 15.3 Å². The maximum atomic E-state index is 9.43. The van der Waals surface area contributed by atoms with Crippen molar-refractivity contribution in [2.75, 3.05) is 11.9 Å². The number of nitrogens with one attached hydrogen (secondary N) is 1. The van der Waals surface area contributed by atoms with Gasteiger partial charge in [0.15, 0.2) is 0 Å². The van der Waals surface area contributed by atoms with Gasteiger partial charge in [-0.15, -0.1) is 0 Å². The zero-order valence-corrected chi connectivity index (χ0v) is 9.93. The molecule has 0 aliphatic carbocycles. The lowest BCUT2D eigenvalue weighted by atomic mass is 10.2. The number of para-hydroxylation sites is 2. The predicted octanol–water partition coefficient (Wildman–Crippen LogP) is 2.20. The topological polar surface area (TPSA) is 58.0 Å². The van der Waals surface area contributed by atoms with Crippen LogP contribution in [0.25, 0.3) is 11.0 Å². The highest BCUT2D eigenvalue weighted by molar-refractivity contribution is 5.75. The summed E-state index contributed by atoms with van der Waals surface area (Å²) in [5.41, 5.74) is 1.78. The van der Waals surface area contributed by atoms with Crippen molar-refractivity contribution in [1.29, 1.82) is 0 Å². The molecule has 0 bridgehead atoms. The third kappa shape index (κ3) is 3.14. The van der Waals surface area contributed by atoms with Crippen molar-refractivity contribution in [3.8, 4) is 0 Å². The predicted molar refractivity (Wildman–Crippen MR) is 68.9 cm³/mol. The minimum Gasteiger partial charge on any atom is -0.393 e. The van der Waals surface area contributed by atoms with E-state index in [4.69, 9.17) is 0 Å². The number of rotatable bonds is 5. The third-order valence-electron chi connectivity index (χ3n) is 2.70. The molecule has 2 aromatic rings. The Morgan fingerprint density at radius 2 is 2.06 bits per heavy atom. The largest absolute Gasteiger partial charge is 0.393 e. The van der Waals surface area contributed by atoms with Gasteiger partial charge in [0, 0.05) is 6.54 Å². The van der Waals surface area contributed by atoms with E-state index in [1.165, 1.54) is 0 Å². The summed E-state index contributed by atoms with van der Waals surface area (Å²) >= 11 is 0. The molecule has 4 nitrogen and oxygen atoms in total. The van der Waals surface area contributed by atoms with Crippen molar-refractivity contribution in [1.82, 2.24) is 9.97 Å². The number of hydrogen-bond donors (Lipinski definition) is 2. The number of aliphatic hydroxyl groups excluding tert-OH is 1. The molecule has 4 heteroatoms. The van der Waals surface area contributed by atoms with Crippen LogP contribution in [0.5, 0.6) is 0 Å². The van der Waals surface area contributed by atoms with Crippen LogP contribution in [-0.4, -0.2) is 27.7 Å². The Hall–Kier alpha value is -1.68. The molecule has 0 radical (unpaired) electrons. The van der Waals surface area contributed by atoms with Gasteiger partial charge in [-0.2, -0.15) is 0 Å². The highest BCUT2D eigenvalue weighted by atomic mass is 16.3. The molecule has 1 unspecified atom stereocenters. The first-order valence-corrected chi connectivity index (χ1v) is 5.93. The lowest BCUT2D eigenvalue weighted by Crippen LogP contribution is -2.12. The maximum Gasteiger partial charge on any atom is 0.145 e. The average Bonchev–Trinajstić information content (AvgIpc) is 2.38. The van der Waals surface area contributed by atoms with Crippen LogP contribution in [-0.2, 0) is 0 Å². The Morgan fingerprint density at radius 3 is 2.82 bits per heavy atom. The number of benzene rings is 1. The highest BCUT2D eigenvalue weighted by Gasteiger charge is 2.01. The molecule has 0 aliphatic rings. The normalized spacial score (nSPS) is 12.6. The molecule has 2 N–H and O–H groups in total. The molecule has 0 saturated carbocycles. The van der Waals surface area contributed by atoms with E-state index in [1.54, 1.807) is 6.20 Å². The van der Waals surface area contributed by atoms with Gasteiger partial charge in [0.25, 0.3) is 0 Å². The van der Waals surface area contributed by atoms with Gasteiger partial charge < -0.3 is 10.4 Å². The quantitative estimate of drug-likeness (QED) is 0.828. The number of nitrogens with zero attached hydrogens (tertiary/aromatic N) is 2. The van der Waals surface area contributed by atoms with Gasteiger partial charge in [-0.05, 0) is 25.0 Å². The first-order valence-electron chi connectivity index (χ1n) is 5.93. The van der Waals surface area contributed by atoms with Crippen molar-refractivity contribution < 1.29 is 5.11 Å². The average molecular weight is 231 g/mol. The molecule has 1 aromatic carbocycles. The highest BCUT2D eigenvalue weighted by Crippen LogP contribution is 2.11. The summed E-state index contributed by atoms with van der Waals surface area (Å²) in [5, 5.41) is 12.6. The first kappa shape index (κ1) is 11.8. The van der Waals surface area contributed by atoms with Gasteiger partial charge >= 0.3 is 0 Å². The van der Waals surface area contributed by atoms with Gasteiger partial charge in [0.2, 0.25) is 0 Å². The summed E-state index contributed by atoms with van der Waals surface area (Å²) in [6, 6.07) is 7.77. The van der Waals surface area contributed by atoms with Gasteiger partial charge in [-0.1, -0.05) is 19.1 Å².